The van der Waals surface area contributed by atoms with Gasteiger partial charge in [0, 0.05) is 9.37 Å². The molecule has 114 valence electrons. The second kappa shape index (κ2) is 11.7. The van der Waals surface area contributed by atoms with Crippen LogP contribution >= 0.6 is 27.7 Å². The van der Waals surface area contributed by atoms with Gasteiger partial charge < -0.3 is 0 Å². The van der Waals surface area contributed by atoms with E-state index in [4.69, 9.17) is 0 Å². The van der Waals surface area contributed by atoms with Crippen molar-refractivity contribution in [2.75, 3.05) is 5.75 Å². The third-order valence-corrected chi connectivity index (χ3v) is 5.40. The van der Waals surface area contributed by atoms with Crippen molar-refractivity contribution >= 4 is 27.7 Å². The minimum atomic E-state index is 0.973. The molecule has 0 unspecified atom stereocenters. The summed E-state index contributed by atoms with van der Waals surface area (Å²) in [6.45, 7) is 4.61. The lowest BCUT2D eigenvalue weighted by atomic mass is 9.92. The lowest BCUT2D eigenvalue weighted by molar-refractivity contribution is 0.391. The maximum absolute atomic E-state index is 3.49. The summed E-state index contributed by atoms with van der Waals surface area (Å²) in [6.07, 6.45) is 11.2. The fraction of sp³-hybridized carbons (Fsp3) is 0.667. The first-order valence-corrected chi connectivity index (χ1v) is 9.92. The first-order chi connectivity index (χ1) is 9.76. The Morgan fingerprint density at radius 3 is 2.00 bits per heavy atom. The van der Waals surface area contributed by atoms with Gasteiger partial charge in [0.05, 0.1) is 0 Å². The molecule has 0 heterocycles. The van der Waals surface area contributed by atoms with Gasteiger partial charge in [-0.15, -0.1) is 11.8 Å². The van der Waals surface area contributed by atoms with Gasteiger partial charge in [-0.2, -0.15) is 0 Å². The summed E-state index contributed by atoms with van der Waals surface area (Å²) >= 11 is 5.48. The van der Waals surface area contributed by atoms with Crippen LogP contribution in [-0.4, -0.2) is 5.75 Å². The van der Waals surface area contributed by atoms with Crippen LogP contribution in [0.5, 0.6) is 0 Å². The topological polar surface area (TPSA) is 0 Å². The maximum Gasteiger partial charge on any atom is 0.0176 e. The minimum Gasteiger partial charge on any atom is -0.126 e. The molecule has 0 nitrogen and oxygen atoms in total. The minimum absolute atomic E-state index is 0.973. The highest BCUT2D eigenvalue weighted by Gasteiger charge is 2.07. The van der Waals surface area contributed by atoms with Crippen LogP contribution in [0.25, 0.3) is 0 Å². The number of benzene rings is 1. The molecule has 20 heavy (non-hydrogen) atoms. The molecule has 0 bridgehead atoms. The van der Waals surface area contributed by atoms with E-state index in [-0.39, 0.29) is 0 Å². The van der Waals surface area contributed by atoms with E-state index in [1.54, 1.807) is 0 Å². The van der Waals surface area contributed by atoms with Gasteiger partial charge >= 0.3 is 0 Å². The van der Waals surface area contributed by atoms with Gasteiger partial charge in [-0.25, -0.2) is 0 Å². The maximum atomic E-state index is 3.49. The van der Waals surface area contributed by atoms with Gasteiger partial charge in [0.15, 0.2) is 0 Å². The van der Waals surface area contributed by atoms with Crippen LogP contribution in [0.4, 0.5) is 0 Å². The Bertz CT molecular complexity index is 326. The van der Waals surface area contributed by atoms with Crippen molar-refractivity contribution in [3.05, 3.63) is 28.7 Å². The van der Waals surface area contributed by atoms with Crippen molar-refractivity contribution < 1.29 is 0 Å². The molecule has 1 rings (SSSR count). The molecule has 2 heteroatoms. The van der Waals surface area contributed by atoms with Gasteiger partial charge in [0.25, 0.3) is 0 Å². The normalized spacial score (nSPS) is 11.2. The van der Waals surface area contributed by atoms with Gasteiger partial charge in [-0.05, 0) is 48.8 Å². The zero-order valence-corrected chi connectivity index (χ0v) is 15.4. The molecule has 0 saturated carbocycles. The van der Waals surface area contributed by atoms with E-state index in [0.717, 1.165) is 5.92 Å². The van der Waals surface area contributed by atoms with Crippen molar-refractivity contribution in [1.82, 2.24) is 0 Å². The summed E-state index contributed by atoms with van der Waals surface area (Å²) in [5.74, 6) is 2.23. The van der Waals surface area contributed by atoms with Crippen molar-refractivity contribution in [2.45, 2.75) is 70.1 Å². The van der Waals surface area contributed by atoms with Crippen molar-refractivity contribution in [2.24, 2.45) is 5.92 Å². The third-order valence-electron chi connectivity index (χ3n) is 3.77. The molecule has 0 radical (unpaired) electrons. The zero-order chi connectivity index (χ0) is 14.6. The van der Waals surface area contributed by atoms with Crippen LogP contribution in [0.3, 0.4) is 0 Å². The summed E-state index contributed by atoms with van der Waals surface area (Å²) in [5.41, 5.74) is 0. The number of hydrogen-bond donors (Lipinski definition) is 0. The molecule has 0 amide bonds. The Labute approximate surface area is 138 Å². The molecule has 1 aromatic rings. The Kier molecular flexibility index (Phi) is 10.6. The summed E-state index contributed by atoms with van der Waals surface area (Å²) in [4.78, 5) is 1.40. The number of rotatable bonds is 11. The largest absolute Gasteiger partial charge is 0.126 e. The number of halogens is 1. The van der Waals surface area contributed by atoms with Crippen LogP contribution < -0.4 is 0 Å². The summed E-state index contributed by atoms with van der Waals surface area (Å²) in [6, 6.07) is 8.68. The molecule has 0 aliphatic heterocycles. The van der Waals surface area contributed by atoms with E-state index in [0.29, 0.717) is 0 Å². The van der Waals surface area contributed by atoms with Gasteiger partial charge in [0.1, 0.15) is 0 Å². The molecule has 0 N–H and O–H groups in total. The molecule has 1 aromatic carbocycles. The lowest BCUT2D eigenvalue weighted by Gasteiger charge is -2.16. The Morgan fingerprint density at radius 2 is 1.45 bits per heavy atom. The van der Waals surface area contributed by atoms with E-state index >= 15 is 0 Å². The smallest absolute Gasteiger partial charge is 0.0176 e. The molecule has 0 aliphatic rings. The van der Waals surface area contributed by atoms with E-state index in [1.165, 1.54) is 66.5 Å². The second-order valence-electron chi connectivity index (χ2n) is 5.60. The van der Waals surface area contributed by atoms with Gasteiger partial charge in [0.2, 0.25) is 0 Å². The standard InChI is InChI=1S/C18H29BrS/c1-3-5-8-16(9-6-4-2)10-7-15-20-18-13-11-17(19)12-14-18/h11-14,16H,3-10,15H2,1-2H3. The number of thioether (sulfide) groups is 1. The zero-order valence-electron chi connectivity index (χ0n) is 13.0. The van der Waals surface area contributed by atoms with Gasteiger partial charge in [-0.1, -0.05) is 68.3 Å². The highest BCUT2D eigenvalue weighted by molar-refractivity contribution is 9.10. The Balaban J connectivity index is 2.19. The first kappa shape index (κ1) is 18.1. The molecule has 0 aromatic heterocycles. The SMILES string of the molecule is CCCCC(CCCC)CCCSc1ccc(Br)cc1. The van der Waals surface area contributed by atoms with Crippen LogP contribution in [0.1, 0.15) is 65.2 Å². The van der Waals surface area contributed by atoms with Crippen molar-refractivity contribution in [1.29, 1.82) is 0 Å². The average Bonchev–Trinajstić information content (AvgIpc) is 2.47. The average molecular weight is 357 g/mol. The summed E-state index contributed by atoms with van der Waals surface area (Å²) in [7, 11) is 0. The molecule has 0 fully saturated rings. The Morgan fingerprint density at radius 1 is 0.900 bits per heavy atom. The summed E-state index contributed by atoms with van der Waals surface area (Å²) < 4.78 is 1.17. The molecule has 0 spiro atoms. The third kappa shape index (κ3) is 8.36. The van der Waals surface area contributed by atoms with E-state index in [1.807, 2.05) is 11.8 Å². The summed E-state index contributed by atoms with van der Waals surface area (Å²) in [5, 5.41) is 0. The molecular formula is C18H29BrS. The predicted octanol–water partition coefficient (Wildman–Crippen LogP) is 7.32. The highest BCUT2D eigenvalue weighted by Crippen LogP contribution is 2.25. The molecule has 0 aliphatic carbocycles. The second-order valence-corrected chi connectivity index (χ2v) is 7.68. The monoisotopic (exact) mass is 356 g/mol. The first-order valence-electron chi connectivity index (χ1n) is 8.14. The number of hydrogen-bond acceptors (Lipinski definition) is 1. The van der Waals surface area contributed by atoms with Crippen molar-refractivity contribution in [3.8, 4) is 0 Å². The van der Waals surface area contributed by atoms with Gasteiger partial charge in [-0.3, -0.25) is 0 Å². The molecular weight excluding hydrogens is 328 g/mol. The highest BCUT2D eigenvalue weighted by atomic mass is 79.9. The van der Waals surface area contributed by atoms with Crippen LogP contribution in [0, 0.1) is 5.92 Å². The van der Waals surface area contributed by atoms with Crippen LogP contribution in [0.15, 0.2) is 33.6 Å². The Hall–Kier alpha value is 0.0500. The number of unbranched alkanes of at least 4 members (excludes halogenated alkanes) is 2. The molecule has 0 saturated heterocycles. The lowest BCUT2D eigenvalue weighted by Crippen LogP contribution is -2.01. The van der Waals surface area contributed by atoms with Crippen LogP contribution in [-0.2, 0) is 0 Å². The van der Waals surface area contributed by atoms with Crippen molar-refractivity contribution in [3.63, 3.8) is 0 Å². The van der Waals surface area contributed by atoms with E-state index in [2.05, 4.69) is 54.0 Å². The quantitative estimate of drug-likeness (QED) is 0.295. The fourth-order valence-corrected chi connectivity index (χ4v) is 3.65. The van der Waals surface area contributed by atoms with E-state index < -0.39 is 0 Å². The predicted molar refractivity (Wildman–Crippen MR) is 96.6 cm³/mol. The van der Waals surface area contributed by atoms with E-state index in [9.17, 15) is 0 Å². The molecule has 0 atom stereocenters. The van der Waals surface area contributed by atoms with Crippen LogP contribution in [0.2, 0.25) is 0 Å². The fourth-order valence-electron chi connectivity index (χ4n) is 2.51.